The van der Waals surface area contributed by atoms with Gasteiger partial charge in [-0.15, -0.1) is 0 Å². The van der Waals surface area contributed by atoms with Crippen molar-refractivity contribution < 1.29 is 19.3 Å². The van der Waals surface area contributed by atoms with Crippen molar-refractivity contribution in [3.8, 4) is 5.75 Å². The first kappa shape index (κ1) is 13.9. The van der Waals surface area contributed by atoms with E-state index in [4.69, 9.17) is 4.74 Å². The van der Waals surface area contributed by atoms with Gasteiger partial charge in [-0.3, -0.25) is 0 Å². The van der Waals surface area contributed by atoms with E-state index in [1.807, 2.05) is 0 Å². The van der Waals surface area contributed by atoms with E-state index in [0.29, 0.717) is 5.75 Å². The summed E-state index contributed by atoms with van der Waals surface area (Å²) in [5.41, 5.74) is -0.244. The van der Waals surface area contributed by atoms with Gasteiger partial charge in [0.25, 0.3) is 0 Å². The van der Waals surface area contributed by atoms with Crippen molar-refractivity contribution in [2.45, 2.75) is 33.0 Å². The van der Waals surface area contributed by atoms with E-state index in [-0.39, 0.29) is 5.56 Å². The molecule has 0 aromatic heterocycles. The van der Waals surface area contributed by atoms with E-state index < -0.39 is 23.4 Å². The first-order valence-corrected chi connectivity index (χ1v) is 5.47. The lowest BCUT2D eigenvalue weighted by molar-refractivity contribution is -0.0467. The van der Waals surface area contributed by atoms with Gasteiger partial charge in [0.1, 0.15) is 17.7 Å². The monoisotopic (exact) mass is 242 g/mol. The molecule has 0 heterocycles. The molecule has 0 aliphatic rings. The maximum absolute atomic E-state index is 13.2. The highest BCUT2D eigenvalue weighted by Crippen LogP contribution is 2.34. The highest BCUT2D eigenvalue weighted by Gasteiger charge is 2.31. The molecule has 0 radical (unpaired) electrons. The zero-order valence-corrected chi connectivity index (χ0v) is 10.6. The fourth-order valence-corrected chi connectivity index (χ4v) is 1.58. The first-order valence-electron chi connectivity index (χ1n) is 5.47. The number of aliphatic hydroxyl groups excluding tert-OH is 2. The third-order valence-electron chi connectivity index (χ3n) is 2.70. The van der Waals surface area contributed by atoms with Crippen LogP contribution < -0.4 is 4.74 Å². The van der Waals surface area contributed by atoms with Crippen LogP contribution >= 0.6 is 0 Å². The zero-order chi connectivity index (χ0) is 13.2. The Bertz CT molecular complexity index is 385. The summed E-state index contributed by atoms with van der Waals surface area (Å²) < 4.78 is 18.2. The second-order valence-corrected chi connectivity index (χ2v) is 5.14. The van der Waals surface area contributed by atoms with Crippen LogP contribution in [0.5, 0.6) is 5.75 Å². The minimum atomic E-state index is -1.18. The van der Waals surface area contributed by atoms with Crippen molar-refractivity contribution in [1.29, 1.82) is 0 Å². The molecule has 0 bridgehead atoms. The SMILES string of the molecule is COc1ccc(F)cc1C(O)C(O)C(C)(C)C. The van der Waals surface area contributed by atoms with Crippen LogP contribution in [0.2, 0.25) is 0 Å². The number of benzene rings is 1. The Morgan fingerprint density at radius 1 is 1.24 bits per heavy atom. The molecule has 96 valence electrons. The third-order valence-corrected chi connectivity index (χ3v) is 2.70. The average molecular weight is 242 g/mol. The van der Waals surface area contributed by atoms with E-state index in [1.165, 1.54) is 25.3 Å². The summed E-state index contributed by atoms with van der Waals surface area (Å²) >= 11 is 0. The second-order valence-electron chi connectivity index (χ2n) is 5.14. The van der Waals surface area contributed by atoms with Crippen LogP contribution in [0.1, 0.15) is 32.4 Å². The van der Waals surface area contributed by atoms with Crippen LogP contribution in [-0.2, 0) is 0 Å². The topological polar surface area (TPSA) is 49.7 Å². The first-order chi connectivity index (χ1) is 7.77. The number of rotatable bonds is 3. The van der Waals surface area contributed by atoms with Gasteiger partial charge in [0.2, 0.25) is 0 Å². The molecule has 0 saturated carbocycles. The molecule has 17 heavy (non-hydrogen) atoms. The predicted molar refractivity (Wildman–Crippen MR) is 63.4 cm³/mol. The molecule has 4 heteroatoms. The molecule has 0 aliphatic heterocycles. The van der Waals surface area contributed by atoms with Gasteiger partial charge in [0.15, 0.2) is 0 Å². The average Bonchev–Trinajstić information content (AvgIpc) is 2.25. The van der Waals surface area contributed by atoms with Crippen molar-refractivity contribution in [2.24, 2.45) is 5.41 Å². The molecular weight excluding hydrogens is 223 g/mol. The Morgan fingerprint density at radius 2 is 1.82 bits per heavy atom. The molecule has 0 fully saturated rings. The van der Waals surface area contributed by atoms with E-state index in [1.54, 1.807) is 20.8 Å². The zero-order valence-electron chi connectivity index (χ0n) is 10.6. The fourth-order valence-electron chi connectivity index (χ4n) is 1.58. The van der Waals surface area contributed by atoms with Crippen LogP contribution in [0.15, 0.2) is 18.2 Å². The van der Waals surface area contributed by atoms with Crippen LogP contribution in [0, 0.1) is 11.2 Å². The Hall–Kier alpha value is -1.13. The number of aliphatic hydroxyl groups is 2. The number of halogens is 1. The van der Waals surface area contributed by atoms with Crippen molar-refractivity contribution in [1.82, 2.24) is 0 Å². The highest BCUT2D eigenvalue weighted by atomic mass is 19.1. The Morgan fingerprint density at radius 3 is 2.29 bits per heavy atom. The number of hydrogen-bond donors (Lipinski definition) is 2. The standard InChI is InChI=1S/C13H19FO3/c1-13(2,3)12(16)11(15)9-7-8(14)5-6-10(9)17-4/h5-7,11-12,15-16H,1-4H3. The van der Waals surface area contributed by atoms with E-state index in [9.17, 15) is 14.6 Å². The molecule has 0 saturated heterocycles. The van der Waals surface area contributed by atoms with Crippen LogP contribution in [-0.4, -0.2) is 23.4 Å². The van der Waals surface area contributed by atoms with E-state index in [0.717, 1.165) is 0 Å². The molecule has 0 aliphatic carbocycles. The summed E-state index contributed by atoms with van der Waals surface area (Å²) in [5.74, 6) is -0.108. The Balaban J connectivity index is 3.10. The second kappa shape index (κ2) is 5.02. The lowest BCUT2D eigenvalue weighted by Crippen LogP contribution is -2.32. The summed E-state index contributed by atoms with van der Waals surface area (Å²) in [7, 11) is 1.44. The minimum Gasteiger partial charge on any atom is -0.496 e. The molecular formula is C13H19FO3. The summed E-state index contributed by atoms with van der Waals surface area (Å²) in [4.78, 5) is 0. The van der Waals surface area contributed by atoms with Crippen molar-refractivity contribution in [3.05, 3.63) is 29.6 Å². The summed E-state index contributed by atoms with van der Waals surface area (Å²) in [6.07, 6.45) is -2.18. The molecule has 2 N–H and O–H groups in total. The Kier molecular flexibility index (Phi) is 4.11. The normalized spacial score (nSPS) is 15.5. The molecule has 1 aromatic carbocycles. The minimum absolute atomic E-state index is 0.259. The Labute approximate surface area is 101 Å². The number of hydrogen-bond acceptors (Lipinski definition) is 3. The van der Waals surface area contributed by atoms with E-state index >= 15 is 0 Å². The third kappa shape index (κ3) is 3.17. The molecule has 2 unspecified atom stereocenters. The largest absolute Gasteiger partial charge is 0.496 e. The molecule has 3 nitrogen and oxygen atoms in total. The molecule has 0 amide bonds. The molecule has 1 rings (SSSR count). The summed E-state index contributed by atoms with van der Waals surface area (Å²) in [5, 5.41) is 20.1. The van der Waals surface area contributed by atoms with Crippen molar-refractivity contribution >= 4 is 0 Å². The molecule has 2 atom stereocenters. The lowest BCUT2D eigenvalue weighted by Gasteiger charge is -2.30. The number of ether oxygens (including phenoxy) is 1. The number of methoxy groups -OCH3 is 1. The van der Waals surface area contributed by atoms with Gasteiger partial charge < -0.3 is 14.9 Å². The van der Waals surface area contributed by atoms with Crippen molar-refractivity contribution in [2.75, 3.05) is 7.11 Å². The van der Waals surface area contributed by atoms with Crippen LogP contribution in [0.3, 0.4) is 0 Å². The van der Waals surface area contributed by atoms with Crippen LogP contribution in [0.4, 0.5) is 4.39 Å². The van der Waals surface area contributed by atoms with Gasteiger partial charge in [0.05, 0.1) is 13.2 Å². The quantitative estimate of drug-likeness (QED) is 0.855. The summed E-state index contributed by atoms with van der Waals surface area (Å²) in [6, 6.07) is 3.86. The van der Waals surface area contributed by atoms with Gasteiger partial charge in [-0.25, -0.2) is 4.39 Å². The summed E-state index contributed by atoms with van der Waals surface area (Å²) in [6.45, 7) is 5.39. The van der Waals surface area contributed by atoms with Gasteiger partial charge >= 0.3 is 0 Å². The highest BCUT2D eigenvalue weighted by molar-refractivity contribution is 5.36. The lowest BCUT2D eigenvalue weighted by atomic mass is 9.83. The fraction of sp³-hybridized carbons (Fsp3) is 0.538. The van der Waals surface area contributed by atoms with Crippen LogP contribution in [0.25, 0.3) is 0 Å². The maximum atomic E-state index is 13.2. The van der Waals surface area contributed by atoms with E-state index in [2.05, 4.69) is 0 Å². The molecule has 1 aromatic rings. The predicted octanol–water partition coefficient (Wildman–Crippen LogP) is 2.27. The van der Waals surface area contributed by atoms with Gasteiger partial charge in [-0.1, -0.05) is 20.8 Å². The molecule has 0 spiro atoms. The maximum Gasteiger partial charge on any atom is 0.124 e. The van der Waals surface area contributed by atoms with Gasteiger partial charge in [-0.05, 0) is 23.6 Å². The van der Waals surface area contributed by atoms with Gasteiger partial charge in [0, 0.05) is 5.56 Å². The smallest absolute Gasteiger partial charge is 0.124 e. The van der Waals surface area contributed by atoms with Gasteiger partial charge in [-0.2, -0.15) is 0 Å². The van der Waals surface area contributed by atoms with Crippen molar-refractivity contribution in [3.63, 3.8) is 0 Å².